The van der Waals surface area contributed by atoms with Gasteiger partial charge in [-0.15, -0.1) is 0 Å². The van der Waals surface area contributed by atoms with E-state index in [0.717, 1.165) is 11.1 Å². The van der Waals surface area contributed by atoms with Crippen molar-refractivity contribution in [3.8, 4) is 0 Å². The van der Waals surface area contributed by atoms with E-state index >= 15 is 0 Å². The predicted octanol–water partition coefficient (Wildman–Crippen LogP) is 1.65. The number of nitrogen functional groups attached to an aromatic ring is 1. The molecular formula is C13H20N2O2. The van der Waals surface area contributed by atoms with Crippen molar-refractivity contribution in [3.63, 3.8) is 0 Å². The molecule has 1 aromatic rings. The monoisotopic (exact) mass is 236 g/mol. The summed E-state index contributed by atoms with van der Waals surface area (Å²) in [6, 6.07) is 5.63. The number of methoxy groups -OCH3 is 1. The van der Waals surface area contributed by atoms with E-state index in [1.54, 1.807) is 0 Å². The first-order chi connectivity index (χ1) is 8.13. The molecule has 0 aliphatic rings. The smallest absolute Gasteiger partial charge is 0.313 e. The molecule has 0 unspecified atom stereocenters. The van der Waals surface area contributed by atoms with Gasteiger partial charge in [-0.1, -0.05) is 13.0 Å². The summed E-state index contributed by atoms with van der Waals surface area (Å²) < 4.78 is 4.83. The van der Waals surface area contributed by atoms with Gasteiger partial charge >= 0.3 is 5.97 Å². The van der Waals surface area contributed by atoms with Crippen LogP contribution in [0.3, 0.4) is 0 Å². The number of anilines is 1. The van der Waals surface area contributed by atoms with Gasteiger partial charge in [0.15, 0.2) is 0 Å². The lowest BCUT2D eigenvalue weighted by molar-refractivity contribution is -0.142. The molecule has 4 nitrogen and oxygen atoms in total. The molecule has 0 radical (unpaired) electrons. The zero-order valence-corrected chi connectivity index (χ0v) is 10.6. The summed E-state index contributed by atoms with van der Waals surface area (Å²) in [7, 11) is 3.28. The number of esters is 1. The number of benzene rings is 1. The van der Waals surface area contributed by atoms with E-state index in [9.17, 15) is 4.79 Å². The van der Waals surface area contributed by atoms with Crippen molar-refractivity contribution in [2.75, 3.05) is 19.9 Å². The molecule has 0 aliphatic heterocycles. The Bertz CT molecular complexity index is 391. The Morgan fingerprint density at radius 2 is 2.24 bits per heavy atom. The fourth-order valence-electron chi connectivity index (χ4n) is 1.96. The van der Waals surface area contributed by atoms with E-state index in [1.807, 2.05) is 32.2 Å². The zero-order chi connectivity index (χ0) is 12.8. The van der Waals surface area contributed by atoms with Crippen molar-refractivity contribution in [1.29, 1.82) is 0 Å². The van der Waals surface area contributed by atoms with Crippen LogP contribution < -0.4 is 11.1 Å². The first kappa shape index (κ1) is 13.5. The second-order valence-electron chi connectivity index (χ2n) is 3.97. The average molecular weight is 236 g/mol. The fourth-order valence-corrected chi connectivity index (χ4v) is 1.96. The molecule has 17 heavy (non-hydrogen) atoms. The summed E-state index contributed by atoms with van der Waals surface area (Å²) in [6.07, 6.45) is 0.716. The van der Waals surface area contributed by atoms with Crippen molar-refractivity contribution in [3.05, 3.63) is 29.3 Å². The van der Waals surface area contributed by atoms with Gasteiger partial charge in [-0.3, -0.25) is 4.79 Å². The van der Waals surface area contributed by atoms with Gasteiger partial charge in [0.2, 0.25) is 0 Å². The lowest BCUT2D eigenvalue weighted by atomic mass is 9.91. The molecule has 0 fully saturated rings. The molecule has 1 aromatic carbocycles. The largest absolute Gasteiger partial charge is 0.469 e. The van der Waals surface area contributed by atoms with Crippen LogP contribution in [0.15, 0.2) is 18.2 Å². The zero-order valence-electron chi connectivity index (χ0n) is 10.6. The highest BCUT2D eigenvalue weighted by Gasteiger charge is 2.21. The van der Waals surface area contributed by atoms with Crippen LogP contribution in [0.4, 0.5) is 5.69 Å². The van der Waals surface area contributed by atoms with Crippen molar-refractivity contribution in [2.45, 2.75) is 25.8 Å². The molecule has 0 aromatic heterocycles. The minimum Gasteiger partial charge on any atom is -0.469 e. The van der Waals surface area contributed by atoms with Gasteiger partial charge in [0.25, 0.3) is 0 Å². The topological polar surface area (TPSA) is 64.3 Å². The van der Waals surface area contributed by atoms with Gasteiger partial charge < -0.3 is 15.8 Å². The molecule has 0 saturated heterocycles. The average Bonchev–Trinajstić information content (AvgIpc) is 2.32. The molecule has 94 valence electrons. The molecule has 4 heteroatoms. The molecule has 0 bridgehead atoms. The second kappa shape index (κ2) is 6.25. The molecule has 1 atom stereocenters. The van der Waals surface area contributed by atoms with Crippen LogP contribution in [0.1, 0.15) is 30.4 Å². The van der Waals surface area contributed by atoms with Crippen LogP contribution in [0.2, 0.25) is 0 Å². The third-order valence-corrected chi connectivity index (χ3v) is 2.80. The van der Waals surface area contributed by atoms with Crippen LogP contribution in [-0.2, 0) is 16.1 Å². The van der Waals surface area contributed by atoms with Crippen LogP contribution >= 0.6 is 0 Å². The third kappa shape index (κ3) is 3.20. The van der Waals surface area contributed by atoms with E-state index in [4.69, 9.17) is 10.5 Å². The van der Waals surface area contributed by atoms with Crippen LogP contribution in [0.5, 0.6) is 0 Å². The Balaban J connectivity index is 3.13. The van der Waals surface area contributed by atoms with Crippen molar-refractivity contribution >= 4 is 11.7 Å². The summed E-state index contributed by atoms with van der Waals surface area (Å²) >= 11 is 0. The summed E-state index contributed by atoms with van der Waals surface area (Å²) in [5.41, 5.74) is 8.51. The number of nitrogens with two attached hydrogens (primary N) is 1. The van der Waals surface area contributed by atoms with Gasteiger partial charge in [0, 0.05) is 12.2 Å². The van der Waals surface area contributed by atoms with Gasteiger partial charge in [0.05, 0.1) is 13.0 Å². The Morgan fingerprint density at radius 3 is 2.76 bits per heavy atom. The molecule has 3 N–H and O–H groups in total. The van der Waals surface area contributed by atoms with E-state index in [1.165, 1.54) is 7.11 Å². The van der Waals surface area contributed by atoms with Crippen LogP contribution in [0, 0.1) is 0 Å². The first-order valence-electron chi connectivity index (χ1n) is 5.74. The quantitative estimate of drug-likeness (QED) is 0.603. The highest BCUT2D eigenvalue weighted by Crippen LogP contribution is 2.26. The molecular weight excluding hydrogens is 216 g/mol. The maximum Gasteiger partial charge on any atom is 0.313 e. The summed E-state index contributed by atoms with van der Waals surface area (Å²) in [6.45, 7) is 2.66. The lowest BCUT2D eigenvalue weighted by Gasteiger charge is -2.17. The molecule has 0 amide bonds. The SMILES string of the molecule is CC[C@@H](C(=O)OC)c1ccc(N)cc1CNC. The molecule has 0 spiro atoms. The number of hydrogen-bond acceptors (Lipinski definition) is 4. The first-order valence-corrected chi connectivity index (χ1v) is 5.74. The Hall–Kier alpha value is -1.55. The number of nitrogens with one attached hydrogen (secondary N) is 1. The van der Waals surface area contributed by atoms with E-state index in [-0.39, 0.29) is 11.9 Å². The van der Waals surface area contributed by atoms with Crippen molar-refractivity contribution in [2.24, 2.45) is 0 Å². The summed E-state index contributed by atoms with van der Waals surface area (Å²) in [5, 5.41) is 3.08. The van der Waals surface area contributed by atoms with Crippen LogP contribution in [-0.4, -0.2) is 20.1 Å². The van der Waals surface area contributed by atoms with E-state index < -0.39 is 0 Å². The standard InChI is InChI=1S/C13H20N2O2/c1-4-11(13(16)17-3)12-6-5-10(14)7-9(12)8-15-2/h5-7,11,15H,4,8,14H2,1-3H3/t11-/m1/s1. The van der Waals surface area contributed by atoms with Gasteiger partial charge in [-0.25, -0.2) is 0 Å². The van der Waals surface area contributed by atoms with Crippen molar-refractivity contribution < 1.29 is 9.53 Å². The summed E-state index contributed by atoms with van der Waals surface area (Å²) in [5.74, 6) is -0.418. The molecule has 1 rings (SSSR count). The predicted molar refractivity (Wildman–Crippen MR) is 68.7 cm³/mol. The van der Waals surface area contributed by atoms with Crippen LogP contribution in [0.25, 0.3) is 0 Å². The molecule has 0 saturated carbocycles. The number of ether oxygens (including phenoxy) is 1. The van der Waals surface area contributed by atoms with Crippen molar-refractivity contribution in [1.82, 2.24) is 5.32 Å². The Morgan fingerprint density at radius 1 is 1.53 bits per heavy atom. The number of hydrogen-bond donors (Lipinski definition) is 2. The lowest BCUT2D eigenvalue weighted by Crippen LogP contribution is -2.17. The third-order valence-electron chi connectivity index (χ3n) is 2.80. The molecule has 0 aliphatic carbocycles. The fraction of sp³-hybridized carbons (Fsp3) is 0.462. The van der Waals surface area contributed by atoms with Gasteiger partial charge in [0.1, 0.15) is 0 Å². The van der Waals surface area contributed by atoms with E-state index in [2.05, 4.69) is 5.32 Å². The maximum atomic E-state index is 11.7. The molecule has 0 heterocycles. The Kier molecular flexibility index (Phi) is 4.97. The number of carbonyl (C=O) groups excluding carboxylic acids is 1. The number of carbonyl (C=O) groups is 1. The van der Waals surface area contributed by atoms with E-state index in [0.29, 0.717) is 18.7 Å². The maximum absolute atomic E-state index is 11.7. The van der Waals surface area contributed by atoms with Gasteiger partial charge in [-0.05, 0) is 36.7 Å². The summed E-state index contributed by atoms with van der Waals surface area (Å²) in [4.78, 5) is 11.7. The highest BCUT2D eigenvalue weighted by molar-refractivity contribution is 5.78. The highest BCUT2D eigenvalue weighted by atomic mass is 16.5. The Labute approximate surface area is 102 Å². The minimum absolute atomic E-state index is 0.199. The second-order valence-corrected chi connectivity index (χ2v) is 3.97. The number of rotatable bonds is 5. The normalized spacial score (nSPS) is 12.2. The van der Waals surface area contributed by atoms with Gasteiger partial charge in [-0.2, -0.15) is 0 Å². The minimum atomic E-state index is -0.219.